The summed E-state index contributed by atoms with van der Waals surface area (Å²) in [4.78, 5) is 12.2. The van der Waals surface area contributed by atoms with E-state index in [-0.39, 0.29) is 18.1 Å². The number of benzene rings is 1. The molecule has 0 radical (unpaired) electrons. The average Bonchev–Trinajstić information content (AvgIpc) is 2.54. The first-order valence-corrected chi connectivity index (χ1v) is 7.96. The Balaban J connectivity index is 1.81. The monoisotopic (exact) mass is 290 g/mol. The third-order valence-electron chi connectivity index (χ3n) is 3.83. The second-order valence-electron chi connectivity index (χ2n) is 5.58. The lowest BCUT2D eigenvalue weighted by atomic mass is 10.0. The van der Waals surface area contributed by atoms with Gasteiger partial charge >= 0.3 is 0 Å². The summed E-state index contributed by atoms with van der Waals surface area (Å²) in [6, 6.07) is 10.7. The third-order valence-corrected chi connectivity index (χ3v) is 3.83. The van der Waals surface area contributed by atoms with Crippen LogP contribution in [0, 0.1) is 0 Å². The SMILES string of the molecule is CCC[C@H](CCc1ccccc1)NC(=O)[C@@H]1CNCCO1. The summed E-state index contributed by atoms with van der Waals surface area (Å²) in [6.45, 7) is 4.21. The molecule has 0 bridgehead atoms. The zero-order chi connectivity index (χ0) is 14.9. The number of ether oxygens (including phenoxy) is 1. The van der Waals surface area contributed by atoms with Gasteiger partial charge in [-0.3, -0.25) is 4.79 Å². The van der Waals surface area contributed by atoms with Crippen molar-refractivity contribution in [3.05, 3.63) is 35.9 Å². The second kappa shape index (κ2) is 8.80. The molecule has 0 saturated carbocycles. The Morgan fingerprint density at radius 2 is 2.19 bits per heavy atom. The van der Waals surface area contributed by atoms with Crippen LogP contribution in [-0.4, -0.2) is 37.7 Å². The molecule has 1 aliphatic rings. The van der Waals surface area contributed by atoms with E-state index in [9.17, 15) is 4.79 Å². The maximum Gasteiger partial charge on any atom is 0.250 e. The largest absolute Gasteiger partial charge is 0.366 e. The van der Waals surface area contributed by atoms with Crippen LogP contribution in [0.4, 0.5) is 0 Å². The zero-order valence-electron chi connectivity index (χ0n) is 12.8. The van der Waals surface area contributed by atoms with E-state index in [1.165, 1.54) is 5.56 Å². The Hall–Kier alpha value is -1.39. The normalized spacial score (nSPS) is 20.0. The number of amides is 1. The molecule has 0 aliphatic carbocycles. The zero-order valence-corrected chi connectivity index (χ0v) is 12.8. The van der Waals surface area contributed by atoms with Crippen molar-refractivity contribution in [3.8, 4) is 0 Å². The van der Waals surface area contributed by atoms with Crippen molar-refractivity contribution in [2.24, 2.45) is 0 Å². The summed E-state index contributed by atoms with van der Waals surface area (Å²) in [7, 11) is 0. The Kier molecular flexibility index (Phi) is 6.70. The number of aryl methyl sites for hydroxylation is 1. The van der Waals surface area contributed by atoms with Gasteiger partial charge in [-0.1, -0.05) is 43.7 Å². The number of carbonyl (C=O) groups excluding carboxylic acids is 1. The molecule has 2 atom stereocenters. The summed E-state index contributed by atoms with van der Waals surface area (Å²) >= 11 is 0. The van der Waals surface area contributed by atoms with Gasteiger partial charge < -0.3 is 15.4 Å². The Bertz CT molecular complexity index is 416. The van der Waals surface area contributed by atoms with E-state index in [2.05, 4.69) is 41.8 Å². The van der Waals surface area contributed by atoms with Crippen LogP contribution in [0.15, 0.2) is 30.3 Å². The quantitative estimate of drug-likeness (QED) is 0.806. The van der Waals surface area contributed by atoms with Crippen LogP contribution in [-0.2, 0) is 16.0 Å². The molecule has 0 spiro atoms. The molecule has 116 valence electrons. The van der Waals surface area contributed by atoms with Gasteiger partial charge in [0, 0.05) is 19.1 Å². The fraction of sp³-hybridized carbons (Fsp3) is 0.588. The van der Waals surface area contributed by atoms with E-state index < -0.39 is 0 Å². The molecule has 0 unspecified atom stereocenters. The van der Waals surface area contributed by atoms with E-state index in [0.29, 0.717) is 13.2 Å². The highest BCUT2D eigenvalue weighted by molar-refractivity contribution is 5.81. The molecule has 1 amide bonds. The number of rotatable bonds is 7. The van der Waals surface area contributed by atoms with Crippen molar-refractivity contribution in [1.29, 1.82) is 0 Å². The van der Waals surface area contributed by atoms with E-state index in [4.69, 9.17) is 4.74 Å². The molecule has 1 heterocycles. The second-order valence-corrected chi connectivity index (χ2v) is 5.58. The highest BCUT2D eigenvalue weighted by Crippen LogP contribution is 2.09. The number of hydrogen-bond donors (Lipinski definition) is 2. The molecular weight excluding hydrogens is 264 g/mol. The maximum atomic E-state index is 12.2. The Morgan fingerprint density at radius 1 is 1.38 bits per heavy atom. The van der Waals surface area contributed by atoms with E-state index >= 15 is 0 Å². The van der Waals surface area contributed by atoms with Gasteiger partial charge in [0.1, 0.15) is 6.10 Å². The van der Waals surface area contributed by atoms with E-state index in [0.717, 1.165) is 32.2 Å². The summed E-state index contributed by atoms with van der Waals surface area (Å²) in [5.41, 5.74) is 1.32. The van der Waals surface area contributed by atoms with Crippen molar-refractivity contribution in [2.45, 2.75) is 44.8 Å². The molecule has 2 rings (SSSR count). The fourth-order valence-electron chi connectivity index (χ4n) is 2.65. The van der Waals surface area contributed by atoms with Crippen molar-refractivity contribution in [1.82, 2.24) is 10.6 Å². The Morgan fingerprint density at radius 3 is 2.86 bits per heavy atom. The van der Waals surface area contributed by atoms with Gasteiger partial charge in [0.15, 0.2) is 0 Å². The standard InChI is InChI=1S/C17H26N2O2/c1-2-6-15(10-9-14-7-4-3-5-8-14)19-17(20)16-13-18-11-12-21-16/h3-5,7-8,15-16,18H,2,6,9-13H2,1H3,(H,19,20)/t15-,16+/m1/s1. The predicted octanol–water partition coefficient (Wildman–Crippen LogP) is 1.89. The van der Waals surface area contributed by atoms with Crippen LogP contribution >= 0.6 is 0 Å². The topological polar surface area (TPSA) is 50.4 Å². The minimum atomic E-state index is -0.338. The van der Waals surface area contributed by atoms with Crippen LogP contribution < -0.4 is 10.6 Å². The summed E-state index contributed by atoms with van der Waals surface area (Å²) < 4.78 is 5.51. The number of carbonyl (C=O) groups is 1. The number of nitrogens with one attached hydrogen (secondary N) is 2. The lowest BCUT2D eigenvalue weighted by molar-refractivity contribution is -0.135. The van der Waals surface area contributed by atoms with Gasteiger partial charge in [0.05, 0.1) is 6.61 Å². The molecule has 0 aromatic heterocycles. The molecule has 1 aliphatic heterocycles. The average molecular weight is 290 g/mol. The van der Waals surface area contributed by atoms with Crippen molar-refractivity contribution in [2.75, 3.05) is 19.7 Å². The van der Waals surface area contributed by atoms with Crippen molar-refractivity contribution in [3.63, 3.8) is 0 Å². The highest BCUT2D eigenvalue weighted by Gasteiger charge is 2.23. The smallest absolute Gasteiger partial charge is 0.250 e. The van der Waals surface area contributed by atoms with E-state index in [1.54, 1.807) is 0 Å². The number of hydrogen-bond acceptors (Lipinski definition) is 3. The van der Waals surface area contributed by atoms with Crippen LogP contribution in [0.2, 0.25) is 0 Å². The van der Waals surface area contributed by atoms with Gasteiger partial charge in [-0.15, -0.1) is 0 Å². The van der Waals surface area contributed by atoms with Gasteiger partial charge in [-0.2, -0.15) is 0 Å². The third kappa shape index (κ3) is 5.48. The molecule has 1 aromatic carbocycles. The minimum Gasteiger partial charge on any atom is -0.366 e. The lowest BCUT2D eigenvalue weighted by Gasteiger charge is -2.26. The van der Waals surface area contributed by atoms with Crippen molar-refractivity contribution < 1.29 is 9.53 Å². The first-order valence-electron chi connectivity index (χ1n) is 7.96. The molecule has 2 N–H and O–H groups in total. The molecule has 1 fully saturated rings. The van der Waals surface area contributed by atoms with Crippen LogP contribution in [0.25, 0.3) is 0 Å². The number of morpholine rings is 1. The maximum absolute atomic E-state index is 12.2. The van der Waals surface area contributed by atoms with Gasteiger partial charge in [0.2, 0.25) is 0 Å². The molecule has 21 heavy (non-hydrogen) atoms. The molecule has 4 heteroatoms. The summed E-state index contributed by atoms with van der Waals surface area (Å²) in [5, 5.41) is 6.35. The molecule has 4 nitrogen and oxygen atoms in total. The first-order chi connectivity index (χ1) is 10.3. The van der Waals surface area contributed by atoms with Crippen LogP contribution in [0.5, 0.6) is 0 Å². The van der Waals surface area contributed by atoms with E-state index in [1.807, 2.05) is 6.07 Å². The minimum absolute atomic E-state index is 0.0220. The lowest BCUT2D eigenvalue weighted by Crippen LogP contribution is -2.50. The van der Waals surface area contributed by atoms with Crippen LogP contribution in [0.1, 0.15) is 31.7 Å². The molecule has 1 aromatic rings. The Labute approximate surface area is 127 Å². The van der Waals surface area contributed by atoms with Crippen LogP contribution in [0.3, 0.4) is 0 Å². The molecular formula is C17H26N2O2. The van der Waals surface area contributed by atoms with Gasteiger partial charge in [-0.25, -0.2) is 0 Å². The summed E-state index contributed by atoms with van der Waals surface area (Å²) in [6.07, 6.45) is 3.72. The predicted molar refractivity (Wildman–Crippen MR) is 84.2 cm³/mol. The van der Waals surface area contributed by atoms with Gasteiger partial charge in [0.25, 0.3) is 5.91 Å². The van der Waals surface area contributed by atoms with Crippen molar-refractivity contribution >= 4 is 5.91 Å². The fourth-order valence-corrected chi connectivity index (χ4v) is 2.65. The summed E-state index contributed by atoms with van der Waals surface area (Å²) in [5.74, 6) is 0.0220. The highest BCUT2D eigenvalue weighted by atomic mass is 16.5. The van der Waals surface area contributed by atoms with Gasteiger partial charge in [-0.05, 0) is 24.8 Å². The molecule has 1 saturated heterocycles. The first kappa shape index (κ1) is 16.0.